The van der Waals surface area contributed by atoms with Crippen molar-refractivity contribution < 1.29 is 5.11 Å². The minimum absolute atomic E-state index is 0.0152. The molecule has 0 radical (unpaired) electrons. The second kappa shape index (κ2) is 6.79. The number of rotatable bonds is 4. The quantitative estimate of drug-likeness (QED) is 0.757. The average Bonchev–Trinajstić information content (AvgIpc) is 2.70. The molecule has 0 aliphatic heterocycles. The molecule has 0 aromatic heterocycles. The summed E-state index contributed by atoms with van der Waals surface area (Å²) in [6.07, 6.45) is 13.1. The smallest absolute Gasteiger partial charge is 0.0715 e. The Bertz CT molecular complexity index is 296. The molecule has 0 bridgehead atoms. The molecule has 3 N–H and O–H groups in total. The topological polar surface area (TPSA) is 46.2 Å². The predicted octanol–water partition coefficient (Wildman–Crippen LogP) is 4.25. The van der Waals surface area contributed by atoms with Gasteiger partial charge in [0.2, 0.25) is 0 Å². The first-order chi connectivity index (χ1) is 9.59. The van der Waals surface area contributed by atoms with Crippen molar-refractivity contribution in [2.24, 2.45) is 23.0 Å². The molecule has 2 saturated carbocycles. The van der Waals surface area contributed by atoms with E-state index in [4.69, 9.17) is 5.73 Å². The summed E-state index contributed by atoms with van der Waals surface area (Å²) in [5.74, 6) is 1.69. The van der Waals surface area contributed by atoms with Crippen LogP contribution in [0.1, 0.15) is 84.5 Å². The third kappa shape index (κ3) is 3.06. The molecule has 2 nitrogen and oxygen atoms in total. The Balaban J connectivity index is 2.09. The first kappa shape index (κ1) is 16.3. The molecule has 2 unspecified atom stereocenters. The fourth-order valence-corrected chi connectivity index (χ4v) is 4.83. The van der Waals surface area contributed by atoms with Gasteiger partial charge in [-0.15, -0.1) is 0 Å². The van der Waals surface area contributed by atoms with Crippen LogP contribution in [0.3, 0.4) is 0 Å². The summed E-state index contributed by atoms with van der Waals surface area (Å²) in [7, 11) is 0. The van der Waals surface area contributed by atoms with Gasteiger partial charge in [0.1, 0.15) is 0 Å². The van der Waals surface area contributed by atoms with Gasteiger partial charge in [0.25, 0.3) is 0 Å². The molecule has 0 heterocycles. The highest BCUT2D eigenvalue weighted by molar-refractivity contribution is 5.03. The molecule has 2 rings (SSSR count). The molecule has 20 heavy (non-hydrogen) atoms. The van der Waals surface area contributed by atoms with E-state index < -0.39 is 5.60 Å². The van der Waals surface area contributed by atoms with Crippen molar-refractivity contribution in [3.8, 4) is 0 Å². The van der Waals surface area contributed by atoms with Gasteiger partial charge in [-0.25, -0.2) is 0 Å². The third-order valence-corrected chi connectivity index (χ3v) is 6.76. The summed E-state index contributed by atoms with van der Waals surface area (Å²) in [6.45, 7) is 5.27. The molecule has 2 aliphatic carbocycles. The van der Waals surface area contributed by atoms with Crippen LogP contribution in [0.4, 0.5) is 0 Å². The summed E-state index contributed by atoms with van der Waals surface area (Å²) in [5, 5.41) is 11.4. The summed E-state index contributed by atoms with van der Waals surface area (Å²) < 4.78 is 0. The lowest BCUT2D eigenvalue weighted by molar-refractivity contribution is -0.115. The van der Waals surface area contributed by atoms with E-state index in [1.807, 2.05) is 0 Å². The summed E-state index contributed by atoms with van der Waals surface area (Å²) >= 11 is 0. The largest absolute Gasteiger partial charge is 0.389 e. The van der Waals surface area contributed by atoms with Gasteiger partial charge in [-0.2, -0.15) is 0 Å². The van der Waals surface area contributed by atoms with Gasteiger partial charge in [0.05, 0.1) is 5.60 Å². The van der Waals surface area contributed by atoms with Crippen LogP contribution in [0, 0.1) is 17.3 Å². The van der Waals surface area contributed by atoms with Crippen molar-refractivity contribution in [3.63, 3.8) is 0 Å². The predicted molar refractivity (Wildman–Crippen MR) is 85.6 cm³/mol. The molecule has 2 fully saturated rings. The highest BCUT2D eigenvalue weighted by Crippen LogP contribution is 2.52. The lowest BCUT2D eigenvalue weighted by Gasteiger charge is -2.50. The van der Waals surface area contributed by atoms with E-state index in [-0.39, 0.29) is 5.41 Å². The van der Waals surface area contributed by atoms with Crippen LogP contribution in [-0.2, 0) is 0 Å². The maximum atomic E-state index is 11.4. The zero-order valence-corrected chi connectivity index (χ0v) is 13.7. The first-order valence-electron chi connectivity index (χ1n) is 9.01. The van der Waals surface area contributed by atoms with E-state index in [1.54, 1.807) is 0 Å². The standard InChI is InChI=1S/C18H35NO/c1-3-15-6-5-10-18(20,13-9-15)17(14-19)11-7-16(4-2)8-12-17/h15-16,20H,3-14,19H2,1-2H3. The average molecular weight is 281 g/mol. The third-order valence-electron chi connectivity index (χ3n) is 6.76. The number of aliphatic hydroxyl groups is 1. The monoisotopic (exact) mass is 281 g/mol. The van der Waals surface area contributed by atoms with Crippen LogP contribution in [0.2, 0.25) is 0 Å². The van der Waals surface area contributed by atoms with Crippen LogP contribution in [0.25, 0.3) is 0 Å². The van der Waals surface area contributed by atoms with Crippen molar-refractivity contribution >= 4 is 0 Å². The summed E-state index contributed by atoms with van der Waals surface area (Å²) in [5.41, 5.74) is 5.73. The first-order valence-corrected chi connectivity index (χ1v) is 9.01. The molecule has 0 aromatic rings. The lowest BCUT2D eigenvalue weighted by atomic mass is 9.59. The maximum absolute atomic E-state index is 11.4. The van der Waals surface area contributed by atoms with E-state index in [1.165, 1.54) is 44.9 Å². The molecular weight excluding hydrogens is 246 g/mol. The van der Waals surface area contributed by atoms with Crippen LogP contribution >= 0.6 is 0 Å². The number of hydrogen-bond acceptors (Lipinski definition) is 2. The molecule has 0 aromatic carbocycles. The van der Waals surface area contributed by atoms with E-state index in [9.17, 15) is 5.11 Å². The SMILES string of the molecule is CCC1CCCC(O)(C2(CN)CCC(CC)CC2)CC1. The molecular formula is C18H35NO. The summed E-state index contributed by atoms with van der Waals surface area (Å²) in [6, 6.07) is 0. The fraction of sp³-hybridized carbons (Fsp3) is 1.00. The van der Waals surface area contributed by atoms with Gasteiger partial charge in [0.15, 0.2) is 0 Å². The van der Waals surface area contributed by atoms with Gasteiger partial charge >= 0.3 is 0 Å². The Hall–Kier alpha value is -0.0800. The van der Waals surface area contributed by atoms with Gasteiger partial charge in [-0.1, -0.05) is 39.5 Å². The van der Waals surface area contributed by atoms with Gasteiger partial charge in [-0.05, 0) is 56.8 Å². The van der Waals surface area contributed by atoms with Crippen LogP contribution in [-0.4, -0.2) is 17.3 Å². The Morgan fingerprint density at radius 1 is 0.900 bits per heavy atom. The van der Waals surface area contributed by atoms with Crippen molar-refractivity contribution in [1.82, 2.24) is 0 Å². The van der Waals surface area contributed by atoms with Gasteiger partial charge in [0, 0.05) is 12.0 Å². The highest BCUT2D eigenvalue weighted by Gasteiger charge is 2.50. The normalized spacial score (nSPS) is 43.2. The van der Waals surface area contributed by atoms with Gasteiger partial charge in [-0.3, -0.25) is 0 Å². The van der Waals surface area contributed by atoms with Crippen molar-refractivity contribution in [3.05, 3.63) is 0 Å². The minimum atomic E-state index is -0.482. The lowest BCUT2D eigenvalue weighted by Crippen LogP contribution is -2.54. The minimum Gasteiger partial charge on any atom is -0.389 e. The van der Waals surface area contributed by atoms with Crippen molar-refractivity contribution in [1.29, 1.82) is 0 Å². The van der Waals surface area contributed by atoms with Crippen LogP contribution in [0.15, 0.2) is 0 Å². The van der Waals surface area contributed by atoms with E-state index in [2.05, 4.69) is 13.8 Å². The van der Waals surface area contributed by atoms with E-state index in [0.29, 0.717) is 6.54 Å². The Morgan fingerprint density at radius 3 is 2.00 bits per heavy atom. The Morgan fingerprint density at radius 2 is 1.45 bits per heavy atom. The van der Waals surface area contributed by atoms with Crippen LogP contribution < -0.4 is 5.73 Å². The second-order valence-electron chi connectivity index (χ2n) is 7.57. The zero-order chi connectivity index (χ0) is 14.6. The molecule has 0 spiro atoms. The Kier molecular flexibility index (Phi) is 5.53. The van der Waals surface area contributed by atoms with E-state index >= 15 is 0 Å². The maximum Gasteiger partial charge on any atom is 0.0715 e. The Labute approximate surface area is 125 Å². The molecule has 0 amide bonds. The molecule has 2 aliphatic rings. The molecule has 2 atom stereocenters. The number of nitrogens with two attached hydrogens (primary N) is 1. The van der Waals surface area contributed by atoms with E-state index in [0.717, 1.165) is 37.5 Å². The summed E-state index contributed by atoms with van der Waals surface area (Å²) in [4.78, 5) is 0. The zero-order valence-electron chi connectivity index (χ0n) is 13.7. The number of hydrogen-bond donors (Lipinski definition) is 2. The van der Waals surface area contributed by atoms with Crippen molar-refractivity contribution in [2.75, 3.05) is 6.54 Å². The molecule has 118 valence electrons. The van der Waals surface area contributed by atoms with Crippen molar-refractivity contribution in [2.45, 2.75) is 90.1 Å². The molecule has 2 heteroatoms. The molecule has 0 saturated heterocycles. The highest BCUT2D eigenvalue weighted by atomic mass is 16.3. The van der Waals surface area contributed by atoms with Gasteiger partial charge < -0.3 is 10.8 Å². The second-order valence-corrected chi connectivity index (χ2v) is 7.57. The fourth-order valence-electron chi connectivity index (χ4n) is 4.83. The van der Waals surface area contributed by atoms with Crippen LogP contribution in [0.5, 0.6) is 0 Å².